The summed E-state index contributed by atoms with van der Waals surface area (Å²) in [4.78, 5) is 4.11. The largest absolute Gasteiger partial charge is 0.361 e. The molecular weight excluding hydrogens is 156 g/mol. The third-order valence-electron chi connectivity index (χ3n) is 1.71. The van der Waals surface area contributed by atoms with Crippen LogP contribution in [0.25, 0.3) is 0 Å². The zero-order valence-electron chi connectivity index (χ0n) is 7.42. The molecule has 1 aliphatic rings. The van der Waals surface area contributed by atoms with Crippen molar-refractivity contribution < 1.29 is 0 Å². The Kier molecular flexibility index (Phi) is 3.24. The highest BCUT2D eigenvalue weighted by Gasteiger charge is 2.19. The first kappa shape index (κ1) is 8.91. The molecule has 1 N–H and O–H groups in total. The highest BCUT2D eigenvalue weighted by atomic mass is 32.2. The molecule has 1 aliphatic heterocycles. The molecule has 0 aromatic carbocycles. The molecule has 0 aliphatic carbocycles. The maximum Gasteiger partial charge on any atom is 0.156 e. The van der Waals surface area contributed by atoms with E-state index in [2.05, 4.69) is 24.2 Å². The molecule has 0 bridgehead atoms. The highest BCUT2D eigenvalue weighted by Crippen LogP contribution is 2.18. The van der Waals surface area contributed by atoms with Gasteiger partial charge in [0, 0.05) is 18.8 Å². The van der Waals surface area contributed by atoms with Crippen molar-refractivity contribution >= 4 is 16.9 Å². The number of aliphatic imine (C=N–C) groups is 1. The average Bonchev–Trinajstić information content (AvgIpc) is 2.34. The second kappa shape index (κ2) is 4.00. The van der Waals surface area contributed by atoms with Gasteiger partial charge in [0.2, 0.25) is 0 Å². The summed E-state index contributed by atoms with van der Waals surface area (Å²) in [7, 11) is 1.84. The van der Waals surface area contributed by atoms with Crippen LogP contribution >= 0.6 is 11.8 Å². The molecule has 1 rings (SSSR count). The van der Waals surface area contributed by atoms with Gasteiger partial charge in [0.25, 0.3) is 0 Å². The van der Waals surface area contributed by atoms with E-state index in [1.807, 2.05) is 18.8 Å². The normalized spacial score (nSPS) is 28.0. The van der Waals surface area contributed by atoms with Crippen molar-refractivity contribution in [2.45, 2.75) is 26.3 Å². The molecule has 1 atom stereocenters. The van der Waals surface area contributed by atoms with E-state index in [0.29, 0.717) is 6.04 Å². The second-order valence-corrected chi connectivity index (χ2v) is 4.32. The third-order valence-corrected chi connectivity index (χ3v) is 2.85. The molecule has 3 heteroatoms. The first-order chi connectivity index (χ1) is 5.22. The summed E-state index contributed by atoms with van der Waals surface area (Å²) in [5.41, 5.74) is 0. The van der Waals surface area contributed by atoms with E-state index in [1.54, 1.807) is 0 Å². The molecule has 1 saturated heterocycles. The fourth-order valence-corrected chi connectivity index (χ4v) is 2.22. The number of hydrogen-bond acceptors (Lipinski definition) is 2. The predicted molar refractivity (Wildman–Crippen MR) is 52.2 cm³/mol. The zero-order chi connectivity index (χ0) is 8.27. The minimum atomic E-state index is 0.652. The van der Waals surface area contributed by atoms with E-state index < -0.39 is 0 Å². The van der Waals surface area contributed by atoms with Crippen molar-refractivity contribution in [2.75, 3.05) is 12.8 Å². The Labute approximate surface area is 72.9 Å². The van der Waals surface area contributed by atoms with Gasteiger partial charge in [-0.15, -0.1) is 0 Å². The van der Waals surface area contributed by atoms with Gasteiger partial charge >= 0.3 is 0 Å². The Hall–Kier alpha value is -0.180. The van der Waals surface area contributed by atoms with Crippen molar-refractivity contribution in [1.29, 1.82) is 0 Å². The molecule has 0 aromatic rings. The minimum Gasteiger partial charge on any atom is -0.361 e. The van der Waals surface area contributed by atoms with Crippen molar-refractivity contribution in [3.8, 4) is 0 Å². The van der Waals surface area contributed by atoms with Gasteiger partial charge in [-0.2, -0.15) is 0 Å². The number of nitrogens with zero attached hydrogens (tertiary/aromatic N) is 1. The first-order valence-electron chi connectivity index (χ1n) is 4.08. The molecule has 2 nitrogen and oxygen atoms in total. The van der Waals surface area contributed by atoms with E-state index in [4.69, 9.17) is 0 Å². The smallest absolute Gasteiger partial charge is 0.156 e. The molecule has 0 amide bonds. The van der Waals surface area contributed by atoms with Crippen molar-refractivity contribution in [3.05, 3.63) is 0 Å². The van der Waals surface area contributed by atoms with Crippen LogP contribution in [-0.4, -0.2) is 24.0 Å². The first-order valence-corrected chi connectivity index (χ1v) is 5.07. The van der Waals surface area contributed by atoms with Crippen LogP contribution in [0, 0.1) is 5.92 Å². The second-order valence-electron chi connectivity index (χ2n) is 3.31. The summed E-state index contributed by atoms with van der Waals surface area (Å²) in [6, 6.07) is 0.652. The van der Waals surface area contributed by atoms with E-state index in [1.165, 1.54) is 12.2 Å². The lowest BCUT2D eigenvalue weighted by molar-refractivity contribution is 0.502. The van der Waals surface area contributed by atoms with Gasteiger partial charge in [-0.25, -0.2) is 0 Å². The van der Waals surface area contributed by atoms with Crippen molar-refractivity contribution in [2.24, 2.45) is 10.9 Å². The summed E-state index contributed by atoms with van der Waals surface area (Å²) in [6.45, 7) is 4.51. The fraction of sp³-hybridized carbons (Fsp3) is 0.875. The topological polar surface area (TPSA) is 24.4 Å². The summed E-state index contributed by atoms with van der Waals surface area (Å²) < 4.78 is 0. The van der Waals surface area contributed by atoms with Crippen LogP contribution in [-0.2, 0) is 0 Å². The van der Waals surface area contributed by atoms with Crippen LogP contribution in [0.1, 0.15) is 20.3 Å². The Morgan fingerprint density at radius 1 is 1.73 bits per heavy atom. The Balaban J connectivity index is 2.30. The van der Waals surface area contributed by atoms with Gasteiger partial charge in [-0.1, -0.05) is 25.6 Å². The van der Waals surface area contributed by atoms with Gasteiger partial charge in [0.05, 0.1) is 0 Å². The van der Waals surface area contributed by atoms with E-state index in [-0.39, 0.29) is 0 Å². The van der Waals surface area contributed by atoms with Gasteiger partial charge in [0.1, 0.15) is 0 Å². The summed E-state index contributed by atoms with van der Waals surface area (Å²) in [5, 5.41) is 4.49. The van der Waals surface area contributed by atoms with Crippen LogP contribution in [0.4, 0.5) is 0 Å². The SMILES string of the molecule is CN=C1NC(CC(C)C)CS1. The summed E-state index contributed by atoms with van der Waals surface area (Å²) >= 11 is 1.83. The van der Waals surface area contributed by atoms with Crippen LogP contribution in [0.15, 0.2) is 4.99 Å². The number of rotatable bonds is 2. The Morgan fingerprint density at radius 3 is 2.91 bits per heavy atom. The number of hydrogen-bond donors (Lipinski definition) is 1. The van der Waals surface area contributed by atoms with Gasteiger partial charge in [-0.3, -0.25) is 4.99 Å². The lowest BCUT2D eigenvalue weighted by Gasteiger charge is -2.11. The number of amidine groups is 1. The standard InChI is InChI=1S/C8H16N2S/c1-6(2)4-7-5-11-8(9-3)10-7/h6-7H,4-5H2,1-3H3,(H,9,10). The van der Waals surface area contributed by atoms with E-state index in [9.17, 15) is 0 Å². The summed E-state index contributed by atoms with van der Waals surface area (Å²) in [6.07, 6.45) is 1.26. The maximum atomic E-state index is 4.11. The van der Waals surface area contributed by atoms with Gasteiger partial charge < -0.3 is 5.32 Å². The van der Waals surface area contributed by atoms with E-state index in [0.717, 1.165) is 11.1 Å². The molecule has 0 saturated carbocycles. The number of thioether (sulfide) groups is 1. The van der Waals surface area contributed by atoms with Crippen molar-refractivity contribution in [3.63, 3.8) is 0 Å². The molecule has 0 spiro atoms. The summed E-state index contributed by atoms with van der Waals surface area (Å²) in [5.74, 6) is 1.97. The molecule has 0 aromatic heterocycles. The van der Waals surface area contributed by atoms with Crippen molar-refractivity contribution in [1.82, 2.24) is 5.32 Å². The predicted octanol–water partition coefficient (Wildman–Crippen LogP) is 1.72. The van der Waals surface area contributed by atoms with Gasteiger partial charge in [-0.05, 0) is 12.3 Å². The molecule has 1 unspecified atom stereocenters. The molecule has 11 heavy (non-hydrogen) atoms. The quantitative estimate of drug-likeness (QED) is 0.686. The fourth-order valence-electron chi connectivity index (χ4n) is 1.26. The van der Waals surface area contributed by atoms with Gasteiger partial charge in [0.15, 0.2) is 5.17 Å². The monoisotopic (exact) mass is 172 g/mol. The lowest BCUT2D eigenvalue weighted by Crippen LogP contribution is -2.28. The Bertz CT molecular complexity index is 154. The zero-order valence-corrected chi connectivity index (χ0v) is 8.24. The van der Waals surface area contributed by atoms with Crippen LogP contribution in [0.5, 0.6) is 0 Å². The van der Waals surface area contributed by atoms with Crippen LogP contribution in [0.2, 0.25) is 0 Å². The third kappa shape index (κ3) is 2.73. The van der Waals surface area contributed by atoms with Crippen LogP contribution < -0.4 is 5.32 Å². The van der Waals surface area contributed by atoms with Crippen LogP contribution in [0.3, 0.4) is 0 Å². The maximum absolute atomic E-state index is 4.11. The highest BCUT2D eigenvalue weighted by molar-refractivity contribution is 8.14. The molecule has 64 valence electrons. The molecule has 0 radical (unpaired) electrons. The molecule has 1 heterocycles. The Morgan fingerprint density at radius 2 is 2.45 bits per heavy atom. The average molecular weight is 172 g/mol. The molecular formula is C8H16N2S. The number of nitrogens with one attached hydrogen (secondary N) is 1. The lowest BCUT2D eigenvalue weighted by atomic mass is 10.1. The molecule has 1 fully saturated rings. The minimum absolute atomic E-state index is 0.652. The van der Waals surface area contributed by atoms with E-state index >= 15 is 0 Å².